The summed E-state index contributed by atoms with van der Waals surface area (Å²) in [4.78, 5) is 12.2. The Hall–Kier alpha value is -2.50. The number of ether oxygens (including phenoxy) is 1. The monoisotopic (exact) mass is 486 g/mol. The fourth-order valence-electron chi connectivity index (χ4n) is 3.04. The van der Waals surface area contributed by atoms with Crippen LogP contribution in [0.3, 0.4) is 0 Å². The van der Waals surface area contributed by atoms with Crippen LogP contribution in [-0.4, -0.2) is 12.5 Å². The summed E-state index contributed by atoms with van der Waals surface area (Å²) in [5.74, 6) is 0.421. The summed E-state index contributed by atoms with van der Waals surface area (Å²) < 4.78 is 6.49. The van der Waals surface area contributed by atoms with E-state index in [1.165, 1.54) is 0 Å². The molecule has 3 aromatic carbocycles. The van der Waals surface area contributed by atoms with E-state index < -0.39 is 0 Å². The summed E-state index contributed by atoms with van der Waals surface area (Å²) in [7, 11) is 0. The van der Waals surface area contributed by atoms with Crippen molar-refractivity contribution in [2.75, 3.05) is 17.2 Å². The topological polar surface area (TPSA) is 50.4 Å². The Kier molecular flexibility index (Phi) is 7.40. The Bertz CT molecular complexity index is 1070. The molecule has 0 saturated carbocycles. The van der Waals surface area contributed by atoms with Gasteiger partial charge in [0.15, 0.2) is 6.61 Å². The summed E-state index contributed by atoms with van der Waals surface area (Å²) in [6.45, 7) is 6.61. The van der Waals surface area contributed by atoms with Crippen LogP contribution >= 0.6 is 27.5 Å². The van der Waals surface area contributed by atoms with E-state index in [-0.39, 0.29) is 12.5 Å². The number of carbonyl (C=O) groups is 1. The molecule has 3 aromatic rings. The van der Waals surface area contributed by atoms with Crippen LogP contribution < -0.4 is 15.4 Å². The number of halogens is 2. The lowest BCUT2D eigenvalue weighted by atomic mass is 10.1. The first kappa shape index (κ1) is 22.2. The maximum atomic E-state index is 12.2. The van der Waals surface area contributed by atoms with Crippen molar-refractivity contribution in [3.63, 3.8) is 0 Å². The molecule has 30 heavy (non-hydrogen) atoms. The Morgan fingerprint density at radius 2 is 1.77 bits per heavy atom. The average molecular weight is 488 g/mol. The van der Waals surface area contributed by atoms with Crippen LogP contribution in [0.1, 0.15) is 22.3 Å². The standard InChI is InChI=1S/C24H24BrClN2O2/c1-15-4-8-21(17(3)10-15)28-24(29)14-30-23-9-6-18(11-20(23)25)13-27-22-12-19(26)7-5-16(22)2/h4-12,27H,13-14H2,1-3H3,(H,28,29). The smallest absolute Gasteiger partial charge is 0.262 e. The van der Waals surface area contributed by atoms with Gasteiger partial charge >= 0.3 is 0 Å². The molecule has 0 saturated heterocycles. The molecule has 0 atom stereocenters. The van der Waals surface area contributed by atoms with Crippen LogP contribution in [0.5, 0.6) is 5.75 Å². The third-order valence-electron chi connectivity index (χ3n) is 4.69. The van der Waals surface area contributed by atoms with E-state index in [9.17, 15) is 4.79 Å². The Labute approximate surface area is 190 Å². The molecule has 0 fully saturated rings. The summed E-state index contributed by atoms with van der Waals surface area (Å²) in [6.07, 6.45) is 0. The molecule has 3 rings (SSSR count). The quantitative estimate of drug-likeness (QED) is 0.392. The number of benzene rings is 3. The number of carbonyl (C=O) groups excluding carboxylic acids is 1. The van der Waals surface area contributed by atoms with E-state index in [2.05, 4.69) is 26.6 Å². The van der Waals surface area contributed by atoms with Crippen molar-refractivity contribution >= 4 is 44.8 Å². The molecule has 0 radical (unpaired) electrons. The summed E-state index contributed by atoms with van der Waals surface area (Å²) in [5, 5.41) is 6.98. The molecule has 4 nitrogen and oxygen atoms in total. The molecule has 2 N–H and O–H groups in total. The zero-order chi connectivity index (χ0) is 21.7. The van der Waals surface area contributed by atoms with Gasteiger partial charge in [0.25, 0.3) is 5.91 Å². The number of hydrogen-bond donors (Lipinski definition) is 2. The molecule has 6 heteroatoms. The minimum absolute atomic E-state index is 0.0643. The van der Waals surface area contributed by atoms with E-state index in [1.807, 2.05) is 75.4 Å². The average Bonchev–Trinajstić information content (AvgIpc) is 2.70. The summed E-state index contributed by atoms with van der Waals surface area (Å²) >= 11 is 9.61. The molecule has 0 aromatic heterocycles. The van der Waals surface area contributed by atoms with Crippen LogP contribution in [0.15, 0.2) is 59.1 Å². The first-order valence-corrected chi connectivity index (χ1v) is 10.8. The molecular weight excluding hydrogens is 464 g/mol. The number of rotatable bonds is 7. The van der Waals surface area contributed by atoms with Gasteiger partial charge in [0.2, 0.25) is 0 Å². The van der Waals surface area contributed by atoms with Crippen molar-refractivity contribution in [1.29, 1.82) is 0 Å². The van der Waals surface area contributed by atoms with Gasteiger partial charge < -0.3 is 15.4 Å². The largest absolute Gasteiger partial charge is 0.483 e. The van der Waals surface area contributed by atoms with Crippen molar-refractivity contribution in [1.82, 2.24) is 0 Å². The van der Waals surface area contributed by atoms with Crippen LogP contribution in [-0.2, 0) is 11.3 Å². The lowest BCUT2D eigenvalue weighted by Crippen LogP contribution is -2.20. The maximum Gasteiger partial charge on any atom is 0.262 e. The van der Waals surface area contributed by atoms with Gasteiger partial charge in [-0.2, -0.15) is 0 Å². The predicted molar refractivity (Wildman–Crippen MR) is 128 cm³/mol. The van der Waals surface area contributed by atoms with Gasteiger partial charge in [-0.1, -0.05) is 41.4 Å². The van der Waals surface area contributed by atoms with Gasteiger partial charge in [0, 0.05) is 22.9 Å². The summed E-state index contributed by atoms with van der Waals surface area (Å²) in [6, 6.07) is 17.5. The molecule has 0 heterocycles. The van der Waals surface area contributed by atoms with Gasteiger partial charge in [-0.3, -0.25) is 4.79 Å². The Morgan fingerprint density at radius 3 is 2.50 bits per heavy atom. The second-order valence-electron chi connectivity index (χ2n) is 7.23. The lowest BCUT2D eigenvalue weighted by Gasteiger charge is -2.13. The molecule has 0 aliphatic heterocycles. The van der Waals surface area contributed by atoms with E-state index in [4.69, 9.17) is 16.3 Å². The third-order valence-corrected chi connectivity index (χ3v) is 5.55. The highest BCUT2D eigenvalue weighted by atomic mass is 79.9. The van der Waals surface area contributed by atoms with Crippen LogP contribution in [0.4, 0.5) is 11.4 Å². The SMILES string of the molecule is Cc1ccc(NC(=O)COc2ccc(CNc3cc(Cl)ccc3C)cc2Br)c(C)c1. The van der Waals surface area contributed by atoms with Crippen LogP contribution in [0.25, 0.3) is 0 Å². The van der Waals surface area contributed by atoms with Crippen molar-refractivity contribution < 1.29 is 9.53 Å². The van der Waals surface area contributed by atoms with E-state index in [0.717, 1.165) is 38.1 Å². The number of hydrogen-bond acceptors (Lipinski definition) is 3. The predicted octanol–water partition coefficient (Wildman–Crippen LogP) is 6.66. The first-order chi connectivity index (χ1) is 14.3. The van der Waals surface area contributed by atoms with Crippen molar-refractivity contribution in [3.8, 4) is 5.75 Å². The highest BCUT2D eigenvalue weighted by Gasteiger charge is 2.09. The second-order valence-corrected chi connectivity index (χ2v) is 8.52. The number of amides is 1. The number of nitrogens with one attached hydrogen (secondary N) is 2. The van der Waals surface area contributed by atoms with Crippen molar-refractivity contribution in [2.24, 2.45) is 0 Å². The molecular formula is C24H24BrClN2O2. The first-order valence-electron chi connectivity index (χ1n) is 9.60. The van der Waals surface area contributed by atoms with Crippen LogP contribution in [0, 0.1) is 20.8 Å². The van der Waals surface area contributed by atoms with E-state index >= 15 is 0 Å². The molecule has 0 aliphatic carbocycles. The van der Waals surface area contributed by atoms with Gasteiger partial charge in [-0.25, -0.2) is 0 Å². The number of anilines is 2. The molecule has 0 unspecified atom stereocenters. The zero-order valence-corrected chi connectivity index (χ0v) is 19.5. The minimum atomic E-state index is -0.198. The zero-order valence-electron chi connectivity index (χ0n) is 17.2. The summed E-state index contributed by atoms with van der Waals surface area (Å²) in [5.41, 5.74) is 6.19. The molecule has 156 valence electrons. The van der Waals surface area contributed by atoms with Crippen molar-refractivity contribution in [3.05, 3.63) is 86.3 Å². The minimum Gasteiger partial charge on any atom is -0.483 e. The van der Waals surface area contributed by atoms with Gasteiger partial charge in [0.1, 0.15) is 5.75 Å². The molecule has 1 amide bonds. The molecule has 0 bridgehead atoms. The van der Waals surface area contributed by atoms with E-state index in [1.54, 1.807) is 0 Å². The second kappa shape index (κ2) is 10.0. The number of aryl methyl sites for hydroxylation is 3. The fraction of sp³-hybridized carbons (Fsp3) is 0.208. The Morgan fingerprint density at radius 1 is 0.967 bits per heavy atom. The normalized spacial score (nSPS) is 10.6. The van der Waals surface area contributed by atoms with Crippen LogP contribution in [0.2, 0.25) is 5.02 Å². The molecule has 0 spiro atoms. The van der Waals surface area contributed by atoms with Gasteiger partial charge in [-0.15, -0.1) is 0 Å². The lowest BCUT2D eigenvalue weighted by molar-refractivity contribution is -0.118. The highest BCUT2D eigenvalue weighted by Crippen LogP contribution is 2.27. The third kappa shape index (κ3) is 6.00. The van der Waals surface area contributed by atoms with Gasteiger partial charge in [0.05, 0.1) is 4.47 Å². The van der Waals surface area contributed by atoms with E-state index in [0.29, 0.717) is 17.3 Å². The Balaban J connectivity index is 1.56. The van der Waals surface area contributed by atoms with Crippen molar-refractivity contribution in [2.45, 2.75) is 27.3 Å². The fourth-order valence-corrected chi connectivity index (χ4v) is 3.75. The highest BCUT2D eigenvalue weighted by molar-refractivity contribution is 9.10. The van der Waals surface area contributed by atoms with Gasteiger partial charge in [-0.05, 0) is 83.7 Å². The molecule has 0 aliphatic rings. The maximum absolute atomic E-state index is 12.2.